The fourth-order valence-corrected chi connectivity index (χ4v) is 22.9. The van der Waals surface area contributed by atoms with Crippen molar-refractivity contribution in [3.8, 4) is 0 Å². The van der Waals surface area contributed by atoms with Crippen LogP contribution in [0, 0.1) is 23.7 Å². The molecule has 0 spiro atoms. The van der Waals surface area contributed by atoms with Crippen LogP contribution in [-0.2, 0) is 0 Å². The van der Waals surface area contributed by atoms with Gasteiger partial charge in [-0.15, -0.1) is 0 Å². The summed E-state index contributed by atoms with van der Waals surface area (Å²) in [5, 5.41) is 0. The van der Waals surface area contributed by atoms with E-state index >= 15 is 0 Å². The summed E-state index contributed by atoms with van der Waals surface area (Å²) in [6.07, 6.45) is 16.1. The predicted octanol–water partition coefficient (Wildman–Crippen LogP) is 10.1. The third-order valence-corrected chi connectivity index (χ3v) is 21.2. The van der Waals surface area contributed by atoms with Gasteiger partial charge < -0.3 is 0 Å². The van der Waals surface area contributed by atoms with Gasteiger partial charge in [-0.1, -0.05) is 99.6 Å². The van der Waals surface area contributed by atoms with Crippen LogP contribution in [0.15, 0.2) is 0 Å². The Bertz CT molecular complexity index is 444. The second-order valence-electron chi connectivity index (χ2n) is 12.6. The topological polar surface area (TPSA) is 0 Å². The van der Waals surface area contributed by atoms with Crippen molar-refractivity contribution in [2.24, 2.45) is 23.7 Å². The van der Waals surface area contributed by atoms with Crippen LogP contribution < -0.4 is 0 Å². The predicted molar refractivity (Wildman–Crippen MR) is 147 cm³/mol. The Morgan fingerprint density at radius 1 is 0.633 bits per heavy atom. The molecule has 1 saturated carbocycles. The molecular weight excluding hydrogens is 395 g/mol. The summed E-state index contributed by atoms with van der Waals surface area (Å²) in [4.78, 5) is 0. The van der Waals surface area contributed by atoms with Crippen molar-refractivity contribution in [2.45, 2.75) is 136 Å². The van der Waals surface area contributed by atoms with Crippen molar-refractivity contribution in [1.29, 1.82) is 0 Å². The lowest BCUT2D eigenvalue weighted by atomic mass is 9.92. The van der Waals surface area contributed by atoms with E-state index in [1.165, 1.54) is 70.6 Å². The molecule has 0 aromatic carbocycles. The molecule has 2 heteroatoms. The van der Waals surface area contributed by atoms with Crippen LogP contribution in [0.2, 0.25) is 18.6 Å². The zero-order chi connectivity index (χ0) is 22.9. The van der Waals surface area contributed by atoms with Gasteiger partial charge in [-0.2, -0.15) is 0 Å². The summed E-state index contributed by atoms with van der Waals surface area (Å²) >= 11 is 0. The highest BCUT2D eigenvalue weighted by Crippen LogP contribution is 2.64. The Hall–Kier alpha value is 0.647. The van der Waals surface area contributed by atoms with Crippen LogP contribution in [-0.4, -0.2) is 32.8 Å². The van der Waals surface area contributed by atoms with Gasteiger partial charge in [-0.25, -0.2) is 0 Å². The summed E-state index contributed by atoms with van der Waals surface area (Å²) in [6.45, 7) is 26.1. The fraction of sp³-hybridized carbons (Fsp3) is 1.00. The lowest BCUT2D eigenvalue weighted by molar-refractivity contribution is 0.352. The van der Waals surface area contributed by atoms with Gasteiger partial charge >= 0.3 is 0 Å². The zero-order valence-electron chi connectivity index (χ0n) is 22.9. The molecule has 0 nitrogen and oxygen atoms in total. The Morgan fingerprint density at radius 3 is 1.47 bits per heavy atom. The average Bonchev–Trinajstić information content (AvgIpc) is 2.85. The number of hydrogen-bond donors (Lipinski definition) is 0. The molecule has 0 bridgehead atoms. The van der Waals surface area contributed by atoms with Crippen molar-refractivity contribution < 1.29 is 0 Å². The molecule has 0 aromatic rings. The quantitative estimate of drug-likeness (QED) is 0.131. The van der Waals surface area contributed by atoms with Crippen molar-refractivity contribution in [3.63, 3.8) is 0 Å². The highest BCUT2D eigenvalue weighted by atomic mass is 31.2. The molecule has 0 heterocycles. The molecule has 0 aliphatic heterocycles. The van der Waals surface area contributed by atoms with Crippen LogP contribution in [0.4, 0.5) is 0 Å². The summed E-state index contributed by atoms with van der Waals surface area (Å²) in [5.74, 6) is 5.36. The van der Waals surface area contributed by atoms with Crippen molar-refractivity contribution in [2.75, 3.05) is 19.1 Å². The smallest absolute Gasteiger partial charge is 0.0659 e. The van der Waals surface area contributed by atoms with E-state index in [1.807, 2.05) is 0 Å². The van der Waals surface area contributed by atoms with Crippen LogP contribution >= 0.6 is 7.26 Å². The molecule has 0 amide bonds. The van der Waals surface area contributed by atoms with E-state index in [4.69, 9.17) is 0 Å². The molecule has 1 rings (SSSR count). The minimum absolute atomic E-state index is 0.862. The van der Waals surface area contributed by atoms with Gasteiger partial charge in [-0.05, 0) is 54.9 Å². The number of rotatable bonds is 15. The second-order valence-corrected chi connectivity index (χ2v) is 22.8. The molecule has 30 heavy (non-hydrogen) atoms. The van der Waals surface area contributed by atoms with Crippen LogP contribution in [0.3, 0.4) is 0 Å². The Balaban J connectivity index is 2.84. The van der Waals surface area contributed by atoms with Crippen molar-refractivity contribution >= 4 is 15.3 Å². The first-order valence-electron chi connectivity index (χ1n) is 13.8. The van der Waals surface area contributed by atoms with Gasteiger partial charge in [0.2, 0.25) is 0 Å². The monoisotopic (exact) mass is 455 g/mol. The highest BCUT2D eigenvalue weighted by Gasteiger charge is 2.53. The van der Waals surface area contributed by atoms with Crippen LogP contribution in [0.5, 0.6) is 0 Å². The first-order chi connectivity index (χ1) is 14.0. The van der Waals surface area contributed by atoms with Gasteiger partial charge in [0.1, 0.15) is 0 Å². The molecule has 0 aromatic heterocycles. The minimum Gasteiger partial charge on any atom is -0.0659 e. The zero-order valence-corrected chi connectivity index (χ0v) is 24.8. The van der Waals surface area contributed by atoms with E-state index in [1.54, 1.807) is 5.79 Å². The van der Waals surface area contributed by atoms with Crippen molar-refractivity contribution in [3.05, 3.63) is 0 Å². The Morgan fingerprint density at radius 2 is 1.03 bits per heavy atom. The maximum absolute atomic E-state index is 2.78. The van der Waals surface area contributed by atoms with E-state index in [9.17, 15) is 0 Å². The number of hydrogen-bond acceptors (Lipinski definition) is 0. The maximum atomic E-state index is 2.78. The molecule has 0 N–H and O–H groups in total. The fourth-order valence-electron chi connectivity index (χ4n) is 7.43. The van der Waals surface area contributed by atoms with Crippen molar-refractivity contribution in [1.82, 2.24) is 0 Å². The third kappa shape index (κ3) is 8.21. The third-order valence-electron chi connectivity index (χ3n) is 9.36. The summed E-state index contributed by atoms with van der Waals surface area (Å²) < 4.78 is 0. The molecule has 180 valence electrons. The second kappa shape index (κ2) is 13.4. The molecule has 1 fully saturated rings. The van der Waals surface area contributed by atoms with Gasteiger partial charge in [-0.3, -0.25) is 0 Å². The van der Waals surface area contributed by atoms with E-state index < -0.39 is 15.3 Å². The maximum Gasteiger partial charge on any atom is 0.0955 e. The van der Waals surface area contributed by atoms with Gasteiger partial charge in [0.05, 0.1) is 13.7 Å². The van der Waals surface area contributed by atoms with E-state index in [2.05, 4.69) is 68.0 Å². The highest BCUT2D eigenvalue weighted by molar-refractivity contribution is 7.77. The summed E-state index contributed by atoms with van der Waals surface area (Å²) in [6, 6.07) is 0. The minimum atomic E-state index is -1.24. The first-order valence-corrected chi connectivity index (χ1v) is 20.0. The van der Waals surface area contributed by atoms with E-state index in [0.29, 0.717) is 0 Å². The largest absolute Gasteiger partial charge is 0.0955 e. The molecule has 5 atom stereocenters. The molecule has 4 unspecified atom stereocenters. The molecular formula is C28H60PSi+. The number of unbranched alkanes of at least 4 members (excludes halogenated alkanes) is 7. The standard InChI is InChI=1S/C28H60PSi/c1-11-13-15-17-19-21-27(20-18-16-14-12-2)29(7,8)22-30(9,10)28-25(5)23(3)24(4)26(28)6/h23-28H,11-22H2,1-10H3/q+1/t23?,24?,25?,26?,27-,28?/m0/s1. The molecule has 0 saturated heterocycles. The summed E-state index contributed by atoms with van der Waals surface area (Å²) in [5.41, 5.74) is 2.08. The van der Waals surface area contributed by atoms with Crippen LogP contribution in [0.1, 0.15) is 112 Å². The van der Waals surface area contributed by atoms with Gasteiger partial charge in [0.25, 0.3) is 0 Å². The SMILES string of the molecule is CCCCCCC[C@H](CCCCCC)[P+](C)(C)C[Si](C)(C)C1C(C)C(C)C(C)C1C. The van der Waals surface area contributed by atoms with E-state index in [-0.39, 0.29) is 0 Å². The molecule has 0 radical (unpaired) electrons. The first kappa shape index (κ1) is 28.7. The lowest BCUT2D eigenvalue weighted by Crippen LogP contribution is -2.43. The normalized spacial score (nSPS) is 28.8. The molecule has 1 aliphatic carbocycles. The van der Waals surface area contributed by atoms with E-state index in [0.717, 1.165) is 34.9 Å². The Labute approximate surface area is 194 Å². The van der Waals surface area contributed by atoms with Crippen LogP contribution in [0.25, 0.3) is 0 Å². The van der Waals surface area contributed by atoms with Gasteiger partial charge in [0, 0.05) is 26.4 Å². The average molecular weight is 456 g/mol. The summed E-state index contributed by atoms with van der Waals surface area (Å²) in [7, 11) is -2.11. The molecule has 1 aliphatic rings. The Kier molecular flexibility index (Phi) is 12.8. The lowest BCUT2D eigenvalue weighted by Gasteiger charge is -2.41. The van der Waals surface area contributed by atoms with Gasteiger partial charge in [0.15, 0.2) is 0 Å².